The molecule has 2 unspecified atom stereocenters. The van der Waals surface area contributed by atoms with Crippen LogP contribution in [0.3, 0.4) is 0 Å². The second kappa shape index (κ2) is 5.64. The Bertz CT molecular complexity index is 425. The van der Waals surface area contributed by atoms with Crippen molar-refractivity contribution in [2.24, 2.45) is 17.8 Å². The van der Waals surface area contributed by atoms with E-state index in [1.165, 1.54) is 6.07 Å². The van der Waals surface area contributed by atoms with E-state index in [0.717, 1.165) is 12.8 Å². The first-order valence-electron chi connectivity index (χ1n) is 6.84. The van der Waals surface area contributed by atoms with Gasteiger partial charge in [-0.1, -0.05) is 32.0 Å². The van der Waals surface area contributed by atoms with Crippen molar-refractivity contribution in [1.29, 1.82) is 0 Å². The summed E-state index contributed by atoms with van der Waals surface area (Å²) in [5.74, 6) is 1.37. The summed E-state index contributed by atoms with van der Waals surface area (Å²) in [4.78, 5) is 12.0. The highest BCUT2D eigenvalue weighted by atomic mass is 19.1. The smallest absolute Gasteiger partial charge is 0.136 e. The molecule has 0 saturated heterocycles. The van der Waals surface area contributed by atoms with Crippen molar-refractivity contribution < 1.29 is 9.18 Å². The van der Waals surface area contributed by atoms with Crippen LogP contribution in [0.2, 0.25) is 0 Å². The number of hydrogen-bond acceptors (Lipinski definition) is 1. The monoisotopic (exact) mass is 248 g/mol. The minimum Gasteiger partial charge on any atom is -0.299 e. The van der Waals surface area contributed by atoms with Crippen LogP contribution in [0, 0.1) is 23.6 Å². The molecule has 0 spiro atoms. The predicted octanol–water partition coefficient (Wildman–Crippen LogP) is 4.01. The van der Waals surface area contributed by atoms with E-state index in [4.69, 9.17) is 0 Å². The van der Waals surface area contributed by atoms with Crippen molar-refractivity contribution in [1.82, 2.24) is 0 Å². The molecule has 1 aliphatic carbocycles. The summed E-state index contributed by atoms with van der Waals surface area (Å²) in [7, 11) is 0. The summed E-state index contributed by atoms with van der Waals surface area (Å²) in [6.45, 7) is 4.42. The first-order valence-corrected chi connectivity index (χ1v) is 6.84. The van der Waals surface area contributed by atoms with E-state index >= 15 is 0 Å². The molecule has 1 aromatic carbocycles. The fourth-order valence-electron chi connectivity index (χ4n) is 2.88. The lowest BCUT2D eigenvalue weighted by Gasteiger charge is -2.30. The molecule has 1 aliphatic rings. The molecular formula is C16H21FO. The number of Topliss-reactive ketones (excluding diaryl/α,β-unsaturated/α-hetero) is 1. The number of carbonyl (C=O) groups excluding carboxylic acids is 1. The van der Waals surface area contributed by atoms with Crippen LogP contribution >= 0.6 is 0 Å². The maximum atomic E-state index is 13.6. The van der Waals surface area contributed by atoms with Gasteiger partial charge in [-0.2, -0.15) is 0 Å². The first kappa shape index (κ1) is 13.3. The van der Waals surface area contributed by atoms with E-state index in [0.29, 0.717) is 36.0 Å². The first-order chi connectivity index (χ1) is 8.58. The molecule has 2 rings (SSSR count). The van der Waals surface area contributed by atoms with Gasteiger partial charge in [-0.25, -0.2) is 4.39 Å². The van der Waals surface area contributed by atoms with Gasteiger partial charge in [0.2, 0.25) is 0 Å². The fourth-order valence-corrected chi connectivity index (χ4v) is 2.88. The average Bonchev–Trinajstić information content (AvgIpc) is 2.34. The lowest BCUT2D eigenvalue weighted by atomic mass is 9.73. The zero-order valence-corrected chi connectivity index (χ0v) is 11.2. The maximum Gasteiger partial charge on any atom is 0.136 e. The molecule has 2 heteroatoms. The van der Waals surface area contributed by atoms with E-state index in [2.05, 4.69) is 13.8 Å². The number of rotatable bonds is 3. The van der Waals surface area contributed by atoms with Gasteiger partial charge >= 0.3 is 0 Å². The highest BCUT2D eigenvalue weighted by Gasteiger charge is 2.30. The number of hydrogen-bond donors (Lipinski definition) is 0. The Kier molecular flexibility index (Phi) is 4.15. The average molecular weight is 248 g/mol. The Hall–Kier alpha value is -1.18. The topological polar surface area (TPSA) is 17.1 Å². The largest absolute Gasteiger partial charge is 0.299 e. The van der Waals surface area contributed by atoms with Crippen LogP contribution < -0.4 is 0 Å². The Morgan fingerprint density at radius 2 is 2.06 bits per heavy atom. The van der Waals surface area contributed by atoms with E-state index in [-0.39, 0.29) is 11.7 Å². The highest BCUT2D eigenvalue weighted by Crippen LogP contribution is 2.33. The molecular weight excluding hydrogens is 227 g/mol. The molecule has 1 nitrogen and oxygen atoms in total. The van der Waals surface area contributed by atoms with Crippen LogP contribution in [0.25, 0.3) is 0 Å². The van der Waals surface area contributed by atoms with Gasteiger partial charge in [-0.15, -0.1) is 0 Å². The molecule has 18 heavy (non-hydrogen) atoms. The lowest BCUT2D eigenvalue weighted by Crippen LogP contribution is -2.29. The third-order valence-corrected chi connectivity index (χ3v) is 4.17. The SMILES string of the molecule is CC(C)C1CCC(=O)C(Cc2ccccc2F)C1. The van der Waals surface area contributed by atoms with Crippen LogP contribution in [0.4, 0.5) is 4.39 Å². The fraction of sp³-hybridized carbons (Fsp3) is 0.562. The minimum atomic E-state index is -0.183. The molecule has 1 saturated carbocycles. The number of halogens is 1. The molecule has 0 radical (unpaired) electrons. The van der Waals surface area contributed by atoms with E-state index in [1.807, 2.05) is 6.07 Å². The molecule has 2 atom stereocenters. The van der Waals surface area contributed by atoms with Crippen LogP contribution in [0.1, 0.15) is 38.7 Å². The van der Waals surface area contributed by atoms with Crippen LogP contribution in [0.5, 0.6) is 0 Å². The summed E-state index contributed by atoms with van der Waals surface area (Å²) in [6.07, 6.45) is 3.16. The van der Waals surface area contributed by atoms with Crippen LogP contribution in [0.15, 0.2) is 24.3 Å². The Morgan fingerprint density at radius 3 is 2.72 bits per heavy atom. The van der Waals surface area contributed by atoms with Crippen molar-refractivity contribution in [2.45, 2.75) is 39.5 Å². The highest BCUT2D eigenvalue weighted by molar-refractivity contribution is 5.82. The standard InChI is InChI=1S/C16H21FO/c1-11(2)12-7-8-16(18)14(9-12)10-13-5-3-4-6-15(13)17/h3-6,11-12,14H,7-10H2,1-2H3. The summed E-state index contributed by atoms with van der Waals surface area (Å²) in [5, 5.41) is 0. The van der Waals surface area contributed by atoms with Gasteiger partial charge < -0.3 is 0 Å². The molecule has 0 N–H and O–H groups in total. The molecule has 0 amide bonds. The van der Waals surface area contributed by atoms with Gasteiger partial charge in [0.1, 0.15) is 11.6 Å². The zero-order chi connectivity index (χ0) is 13.1. The van der Waals surface area contributed by atoms with Crippen molar-refractivity contribution in [3.8, 4) is 0 Å². The molecule has 0 aliphatic heterocycles. The third-order valence-electron chi connectivity index (χ3n) is 4.17. The number of benzene rings is 1. The van der Waals surface area contributed by atoms with Gasteiger partial charge in [0.05, 0.1) is 0 Å². The van der Waals surface area contributed by atoms with Gasteiger partial charge in [-0.05, 0) is 42.7 Å². The van der Waals surface area contributed by atoms with Gasteiger partial charge in [0.15, 0.2) is 0 Å². The third kappa shape index (κ3) is 2.98. The van der Waals surface area contributed by atoms with E-state index < -0.39 is 0 Å². The van der Waals surface area contributed by atoms with Gasteiger partial charge in [0.25, 0.3) is 0 Å². The minimum absolute atomic E-state index is 0.0167. The molecule has 0 heterocycles. The second-order valence-corrected chi connectivity index (χ2v) is 5.74. The van der Waals surface area contributed by atoms with Crippen molar-refractivity contribution >= 4 is 5.78 Å². The second-order valence-electron chi connectivity index (χ2n) is 5.74. The Balaban J connectivity index is 2.07. The number of carbonyl (C=O) groups is 1. The van der Waals surface area contributed by atoms with Crippen molar-refractivity contribution in [3.63, 3.8) is 0 Å². The summed E-state index contributed by atoms with van der Waals surface area (Å²) in [5.41, 5.74) is 0.681. The molecule has 0 aromatic heterocycles. The van der Waals surface area contributed by atoms with Gasteiger partial charge in [-0.3, -0.25) is 4.79 Å². The molecule has 1 fully saturated rings. The molecule has 0 bridgehead atoms. The summed E-state index contributed by atoms with van der Waals surface area (Å²) in [6, 6.07) is 6.80. The molecule has 1 aromatic rings. The quantitative estimate of drug-likeness (QED) is 0.790. The maximum absolute atomic E-state index is 13.6. The number of ketones is 1. The van der Waals surface area contributed by atoms with Crippen LogP contribution in [-0.4, -0.2) is 5.78 Å². The zero-order valence-electron chi connectivity index (χ0n) is 11.2. The molecule has 98 valence electrons. The van der Waals surface area contributed by atoms with E-state index in [9.17, 15) is 9.18 Å². The Morgan fingerprint density at radius 1 is 1.33 bits per heavy atom. The van der Waals surface area contributed by atoms with Crippen molar-refractivity contribution in [2.75, 3.05) is 0 Å². The summed E-state index contributed by atoms with van der Waals surface area (Å²) < 4.78 is 13.6. The normalized spacial score (nSPS) is 24.6. The predicted molar refractivity (Wildman–Crippen MR) is 70.8 cm³/mol. The van der Waals surface area contributed by atoms with Crippen LogP contribution in [-0.2, 0) is 11.2 Å². The lowest BCUT2D eigenvalue weighted by molar-refractivity contribution is -0.125. The Labute approximate surface area is 108 Å². The van der Waals surface area contributed by atoms with Gasteiger partial charge in [0, 0.05) is 12.3 Å². The van der Waals surface area contributed by atoms with E-state index in [1.54, 1.807) is 12.1 Å². The van der Waals surface area contributed by atoms with Crippen molar-refractivity contribution in [3.05, 3.63) is 35.6 Å². The summed E-state index contributed by atoms with van der Waals surface area (Å²) >= 11 is 0.